The number of carbonyl (C=O) groups is 1. The number of aromatic nitrogens is 2. The lowest BCUT2D eigenvalue weighted by Gasteiger charge is -2.05. The van der Waals surface area contributed by atoms with Gasteiger partial charge in [-0.3, -0.25) is 4.79 Å². The molecule has 0 atom stereocenters. The molecule has 102 valence electrons. The van der Waals surface area contributed by atoms with Gasteiger partial charge in [-0.2, -0.15) is 5.10 Å². The molecule has 20 heavy (non-hydrogen) atoms. The number of benzene rings is 1. The average Bonchev–Trinajstić information content (AvgIpc) is 2.41. The maximum absolute atomic E-state index is 12.9. The minimum absolute atomic E-state index is 0.198. The Hall–Kier alpha value is -2.76. The van der Waals surface area contributed by atoms with Crippen LogP contribution in [0.5, 0.6) is 0 Å². The van der Waals surface area contributed by atoms with E-state index in [1.54, 1.807) is 0 Å². The summed E-state index contributed by atoms with van der Waals surface area (Å²) in [6, 6.07) is 7.11. The van der Waals surface area contributed by atoms with Crippen LogP contribution in [0.3, 0.4) is 0 Å². The average molecular weight is 274 g/mol. The van der Waals surface area contributed by atoms with Crippen molar-refractivity contribution in [1.82, 2.24) is 9.78 Å². The summed E-state index contributed by atoms with van der Waals surface area (Å²) < 4.78 is 14.0. The quantitative estimate of drug-likeness (QED) is 0.864. The lowest BCUT2D eigenvalue weighted by atomic mass is 10.1. The van der Waals surface area contributed by atoms with Gasteiger partial charge in [0, 0.05) is 24.3 Å². The molecular weight excluding hydrogens is 263 g/mol. The van der Waals surface area contributed by atoms with Crippen molar-refractivity contribution in [3.05, 3.63) is 58.1 Å². The fraction of sp³-hybridized carbons (Fsp3) is 0.0714. The molecule has 0 bridgehead atoms. The number of nitrogens with zero attached hydrogens (tertiary/aromatic N) is 2. The molecule has 0 saturated carbocycles. The normalized spacial score (nSPS) is 10.9. The van der Waals surface area contributed by atoms with Gasteiger partial charge < -0.3 is 5.11 Å². The van der Waals surface area contributed by atoms with Gasteiger partial charge in [0.05, 0.1) is 5.69 Å². The van der Waals surface area contributed by atoms with Crippen molar-refractivity contribution in [3.63, 3.8) is 0 Å². The molecule has 0 aliphatic carbocycles. The van der Waals surface area contributed by atoms with Crippen LogP contribution in [0.15, 0.2) is 41.2 Å². The molecule has 0 unspecified atom stereocenters. The maximum atomic E-state index is 12.9. The maximum Gasteiger partial charge on any atom is 0.328 e. The summed E-state index contributed by atoms with van der Waals surface area (Å²) in [6.07, 6.45) is 2.09. The van der Waals surface area contributed by atoms with Gasteiger partial charge in [0.25, 0.3) is 5.56 Å². The molecule has 0 aliphatic rings. The Labute approximate surface area is 113 Å². The van der Waals surface area contributed by atoms with E-state index < -0.39 is 11.5 Å². The van der Waals surface area contributed by atoms with Gasteiger partial charge >= 0.3 is 5.97 Å². The molecule has 5 nitrogen and oxygen atoms in total. The lowest BCUT2D eigenvalue weighted by molar-refractivity contribution is -0.131. The Bertz CT molecular complexity index is 733. The van der Waals surface area contributed by atoms with Crippen molar-refractivity contribution >= 4 is 12.0 Å². The molecule has 1 aromatic heterocycles. The van der Waals surface area contributed by atoms with Crippen LogP contribution in [0, 0.1) is 5.82 Å². The van der Waals surface area contributed by atoms with E-state index in [0.29, 0.717) is 11.3 Å². The van der Waals surface area contributed by atoms with Gasteiger partial charge in [-0.25, -0.2) is 13.9 Å². The number of carboxylic acids is 1. The van der Waals surface area contributed by atoms with Crippen molar-refractivity contribution in [3.8, 4) is 11.3 Å². The minimum atomic E-state index is -1.15. The molecular formula is C14H11FN2O3. The highest BCUT2D eigenvalue weighted by molar-refractivity contribution is 5.85. The second kappa shape index (κ2) is 5.48. The Morgan fingerprint density at radius 1 is 1.35 bits per heavy atom. The zero-order valence-corrected chi connectivity index (χ0v) is 10.6. The smallest absolute Gasteiger partial charge is 0.328 e. The SMILES string of the molecule is Cn1nc(-c2ccc(F)cc2)cc(/C=C/C(=O)O)c1=O. The fourth-order valence-electron chi connectivity index (χ4n) is 1.67. The Kier molecular flexibility index (Phi) is 3.74. The molecule has 0 aliphatic heterocycles. The first-order chi connectivity index (χ1) is 9.47. The molecule has 2 aromatic rings. The molecule has 1 heterocycles. The van der Waals surface area contributed by atoms with E-state index >= 15 is 0 Å². The highest BCUT2D eigenvalue weighted by Gasteiger charge is 2.06. The van der Waals surface area contributed by atoms with Crippen LogP contribution in [-0.2, 0) is 11.8 Å². The number of aliphatic carboxylic acids is 1. The highest BCUT2D eigenvalue weighted by atomic mass is 19.1. The molecule has 2 rings (SSSR count). The van der Waals surface area contributed by atoms with E-state index in [-0.39, 0.29) is 11.4 Å². The van der Waals surface area contributed by atoms with E-state index in [4.69, 9.17) is 5.11 Å². The third-order valence-electron chi connectivity index (χ3n) is 2.64. The predicted octanol–water partition coefficient (Wildman–Crippen LogP) is 1.68. The summed E-state index contributed by atoms with van der Waals surface area (Å²) in [5.41, 5.74) is 0.877. The van der Waals surface area contributed by atoms with Crippen molar-refractivity contribution in [1.29, 1.82) is 0 Å². The molecule has 6 heteroatoms. The molecule has 0 saturated heterocycles. The van der Waals surface area contributed by atoms with Gasteiger partial charge in [0.2, 0.25) is 0 Å². The summed E-state index contributed by atoms with van der Waals surface area (Å²) in [4.78, 5) is 22.3. The van der Waals surface area contributed by atoms with Gasteiger partial charge in [-0.05, 0) is 36.4 Å². The summed E-state index contributed by atoms with van der Waals surface area (Å²) in [5.74, 6) is -1.52. The first-order valence-corrected chi connectivity index (χ1v) is 5.72. The monoisotopic (exact) mass is 274 g/mol. The second-order valence-electron chi connectivity index (χ2n) is 4.09. The summed E-state index contributed by atoms with van der Waals surface area (Å²) in [6.45, 7) is 0. The molecule has 1 aromatic carbocycles. The number of aryl methyl sites for hydroxylation is 1. The van der Waals surface area contributed by atoms with Gasteiger partial charge in [0.15, 0.2) is 0 Å². The summed E-state index contributed by atoms with van der Waals surface area (Å²) in [5, 5.41) is 12.7. The Balaban J connectivity index is 2.53. The van der Waals surface area contributed by atoms with Crippen LogP contribution in [0.4, 0.5) is 4.39 Å². The summed E-state index contributed by atoms with van der Waals surface area (Å²) >= 11 is 0. The third-order valence-corrected chi connectivity index (χ3v) is 2.64. The first-order valence-electron chi connectivity index (χ1n) is 5.72. The molecule has 0 fully saturated rings. The fourth-order valence-corrected chi connectivity index (χ4v) is 1.67. The Morgan fingerprint density at radius 3 is 2.60 bits per heavy atom. The van der Waals surface area contributed by atoms with Crippen LogP contribution in [0.25, 0.3) is 17.3 Å². The molecule has 0 amide bonds. The van der Waals surface area contributed by atoms with Crippen LogP contribution in [-0.4, -0.2) is 20.9 Å². The first kappa shape index (κ1) is 13.7. The molecule has 0 spiro atoms. The van der Waals surface area contributed by atoms with E-state index in [2.05, 4.69) is 5.10 Å². The van der Waals surface area contributed by atoms with E-state index in [0.717, 1.165) is 10.8 Å². The van der Waals surface area contributed by atoms with Crippen molar-refractivity contribution in [2.24, 2.45) is 7.05 Å². The van der Waals surface area contributed by atoms with Crippen molar-refractivity contribution in [2.45, 2.75) is 0 Å². The lowest BCUT2D eigenvalue weighted by Crippen LogP contribution is -2.22. The largest absolute Gasteiger partial charge is 0.478 e. The Morgan fingerprint density at radius 2 is 2.00 bits per heavy atom. The predicted molar refractivity (Wildman–Crippen MR) is 71.5 cm³/mol. The van der Waals surface area contributed by atoms with Gasteiger partial charge in [-0.15, -0.1) is 0 Å². The van der Waals surface area contributed by atoms with Crippen LogP contribution < -0.4 is 5.56 Å². The van der Waals surface area contributed by atoms with E-state index in [1.165, 1.54) is 43.5 Å². The topological polar surface area (TPSA) is 72.2 Å². The number of rotatable bonds is 3. The minimum Gasteiger partial charge on any atom is -0.478 e. The molecule has 1 N–H and O–H groups in total. The number of carboxylic acid groups (broad SMARTS) is 1. The van der Waals surface area contributed by atoms with E-state index in [9.17, 15) is 14.0 Å². The second-order valence-corrected chi connectivity index (χ2v) is 4.09. The number of hydrogen-bond donors (Lipinski definition) is 1. The van der Waals surface area contributed by atoms with Crippen LogP contribution in [0.2, 0.25) is 0 Å². The van der Waals surface area contributed by atoms with Crippen molar-refractivity contribution in [2.75, 3.05) is 0 Å². The zero-order chi connectivity index (χ0) is 14.7. The van der Waals surface area contributed by atoms with Crippen LogP contribution >= 0.6 is 0 Å². The standard InChI is InChI=1S/C14H11FN2O3/c1-17-14(20)10(4-7-13(18)19)8-12(16-17)9-2-5-11(15)6-3-9/h2-8H,1H3,(H,18,19)/b7-4+. The van der Waals surface area contributed by atoms with E-state index in [1.807, 2.05) is 0 Å². The zero-order valence-electron chi connectivity index (χ0n) is 10.6. The van der Waals surface area contributed by atoms with Gasteiger partial charge in [0.1, 0.15) is 5.82 Å². The summed E-state index contributed by atoms with van der Waals surface area (Å²) in [7, 11) is 1.47. The highest BCUT2D eigenvalue weighted by Crippen LogP contribution is 2.17. The number of hydrogen-bond acceptors (Lipinski definition) is 3. The third kappa shape index (κ3) is 2.97. The van der Waals surface area contributed by atoms with Crippen molar-refractivity contribution < 1.29 is 14.3 Å². The van der Waals surface area contributed by atoms with Gasteiger partial charge in [-0.1, -0.05) is 0 Å². The van der Waals surface area contributed by atoms with Crippen LogP contribution in [0.1, 0.15) is 5.56 Å². The molecule has 0 radical (unpaired) electrons. The number of halogens is 1.